The molecule has 3 aromatic rings. The Kier molecular flexibility index (Phi) is 6.37. The van der Waals surface area contributed by atoms with Gasteiger partial charge in [0, 0.05) is 17.3 Å². The predicted molar refractivity (Wildman–Crippen MR) is 123 cm³/mol. The van der Waals surface area contributed by atoms with Crippen molar-refractivity contribution < 1.29 is 19.0 Å². The summed E-state index contributed by atoms with van der Waals surface area (Å²) in [5, 5.41) is 11.1. The Morgan fingerprint density at radius 3 is 2.48 bits per heavy atom. The highest BCUT2D eigenvalue weighted by Crippen LogP contribution is 2.43. The lowest BCUT2D eigenvalue weighted by Crippen LogP contribution is -2.29. The van der Waals surface area contributed by atoms with Crippen molar-refractivity contribution >= 4 is 23.1 Å². The third-order valence-electron chi connectivity index (χ3n) is 5.54. The largest absolute Gasteiger partial charge is 0.507 e. The number of thiocarbonyl (C=S) groups is 1. The summed E-state index contributed by atoms with van der Waals surface area (Å²) in [6, 6.07) is 21.4. The van der Waals surface area contributed by atoms with Gasteiger partial charge in [-0.1, -0.05) is 30.3 Å². The van der Waals surface area contributed by atoms with Gasteiger partial charge < -0.3 is 14.6 Å². The van der Waals surface area contributed by atoms with E-state index in [1.807, 2.05) is 47.4 Å². The molecule has 1 fully saturated rings. The molecule has 0 aliphatic carbocycles. The van der Waals surface area contributed by atoms with E-state index in [1.54, 1.807) is 25.3 Å². The highest BCUT2D eigenvalue weighted by molar-refractivity contribution is 7.80. The molecule has 31 heavy (non-hydrogen) atoms. The minimum atomic E-state index is -0.269. The van der Waals surface area contributed by atoms with Crippen molar-refractivity contribution in [3.05, 3.63) is 89.7 Å². The molecule has 6 heteroatoms. The number of anilines is 1. The lowest BCUT2D eigenvalue weighted by atomic mass is 9.94. The van der Waals surface area contributed by atoms with Gasteiger partial charge in [-0.3, -0.25) is 4.90 Å². The molecule has 4 rings (SSSR count). The maximum absolute atomic E-state index is 13.2. The fraction of sp³-hybridized carbons (Fsp3) is 0.240. The monoisotopic (exact) mass is 437 g/mol. The van der Waals surface area contributed by atoms with Gasteiger partial charge in [0.2, 0.25) is 0 Å². The van der Waals surface area contributed by atoms with Crippen molar-refractivity contribution in [1.29, 1.82) is 0 Å². The number of benzene rings is 3. The Labute approximate surface area is 186 Å². The summed E-state index contributed by atoms with van der Waals surface area (Å²) in [4.78, 5) is 1.96. The Bertz CT molecular complexity index is 1040. The van der Waals surface area contributed by atoms with Gasteiger partial charge in [-0.25, -0.2) is 4.39 Å². The van der Waals surface area contributed by atoms with E-state index in [0.717, 1.165) is 36.1 Å². The van der Waals surface area contributed by atoms with Crippen LogP contribution in [0.5, 0.6) is 11.5 Å². The number of aryl methyl sites for hydroxylation is 1. The van der Waals surface area contributed by atoms with Crippen LogP contribution in [-0.4, -0.2) is 23.5 Å². The van der Waals surface area contributed by atoms with Crippen LogP contribution < -0.4 is 9.64 Å². The highest BCUT2D eigenvalue weighted by Gasteiger charge is 2.42. The van der Waals surface area contributed by atoms with Crippen LogP contribution in [0.25, 0.3) is 0 Å². The number of phenolic OH excluding ortho intramolecular Hbond substituents is 1. The molecule has 1 saturated heterocycles. The van der Waals surface area contributed by atoms with E-state index in [0.29, 0.717) is 10.9 Å². The van der Waals surface area contributed by atoms with Crippen molar-refractivity contribution in [3.63, 3.8) is 0 Å². The van der Waals surface area contributed by atoms with Gasteiger partial charge in [0.25, 0.3) is 5.17 Å². The normalized spacial score (nSPS) is 18.1. The van der Waals surface area contributed by atoms with Gasteiger partial charge in [0.1, 0.15) is 29.5 Å². The average molecular weight is 438 g/mol. The minimum Gasteiger partial charge on any atom is -0.507 e. The van der Waals surface area contributed by atoms with Gasteiger partial charge >= 0.3 is 0 Å². The van der Waals surface area contributed by atoms with Crippen LogP contribution in [0.3, 0.4) is 0 Å². The molecule has 0 bridgehead atoms. The first-order valence-corrected chi connectivity index (χ1v) is 10.6. The van der Waals surface area contributed by atoms with Gasteiger partial charge in [-0.2, -0.15) is 0 Å². The number of rotatable bonds is 7. The zero-order chi connectivity index (χ0) is 21.8. The van der Waals surface area contributed by atoms with Crippen LogP contribution in [0.15, 0.2) is 72.8 Å². The van der Waals surface area contributed by atoms with Crippen LogP contribution in [0.4, 0.5) is 10.1 Å². The minimum absolute atomic E-state index is 0.141. The molecule has 0 amide bonds. The van der Waals surface area contributed by atoms with E-state index in [2.05, 4.69) is 0 Å². The molecule has 2 atom stereocenters. The summed E-state index contributed by atoms with van der Waals surface area (Å²) in [7, 11) is 1.57. The summed E-state index contributed by atoms with van der Waals surface area (Å²) in [6.07, 6.45) is 2.15. The summed E-state index contributed by atoms with van der Waals surface area (Å²) in [6.45, 7) is 0. The third kappa shape index (κ3) is 4.64. The summed E-state index contributed by atoms with van der Waals surface area (Å²) in [5.41, 5.74) is 2.72. The molecular formula is C25H24FNO3S. The second-order valence-corrected chi connectivity index (χ2v) is 7.87. The molecule has 0 aromatic heterocycles. The van der Waals surface area contributed by atoms with Crippen molar-refractivity contribution in [2.45, 2.75) is 31.4 Å². The number of para-hydroxylation sites is 1. The van der Waals surface area contributed by atoms with E-state index in [1.165, 1.54) is 12.1 Å². The lowest BCUT2D eigenvalue weighted by Gasteiger charge is -2.27. The SMILES string of the molecule is COc1ccc([C@@H]2[C@@H](CCCc3ccc(F)cc3)OC(=S)N2c2ccccc2)c(O)c1. The first-order valence-electron chi connectivity index (χ1n) is 10.2. The molecule has 0 radical (unpaired) electrons. The van der Waals surface area contributed by atoms with Gasteiger partial charge in [0.05, 0.1) is 7.11 Å². The smallest absolute Gasteiger partial charge is 0.264 e. The number of nitrogens with zero attached hydrogens (tertiary/aromatic N) is 1. The summed E-state index contributed by atoms with van der Waals surface area (Å²) in [5.74, 6) is 0.491. The first kappa shape index (κ1) is 21.1. The maximum atomic E-state index is 13.2. The van der Waals surface area contributed by atoms with E-state index >= 15 is 0 Å². The molecule has 0 unspecified atom stereocenters. The molecule has 4 nitrogen and oxygen atoms in total. The second-order valence-electron chi connectivity index (χ2n) is 7.52. The molecule has 0 spiro atoms. The number of ether oxygens (including phenoxy) is 2. The number of methoxy groups -OCH3 is 1. The Balaban J connectivity index is 1.60. The zero-order valence-corrected chi connectivity index (χ0v) is 18.0. The molecular weight excluding hydrogens is 413 g/mol. The lowest BCUT2D eigenvalue weighted by molar-refractivity contribution is 0.190. The van der Waals surface area contributed by atoms with Crippen LogP contribution in [0.2, 0.25) is 0 Å². The van der Waals surface area contributed by atoms with Gasteiger partial charge in [0.15, 0.2) is 0 Å². The number of hydrogen-bond acceptors (Lipinski definition) is 4. The average Bonchev–Trinajstić information content (AvgIpc) is 3.11. The first-order chi connectivity index (χ1) is 15.1. The van der Waals surface area contributed by atoms with Gasteiger partial charge in [-0.05, 0) is 73.4 Å². The summed E-state index contributed by atoms with van der Waals surface area (Å²) < 4.78 is 24.5. The Morgan fingerprint density at radius 1 is 1.06 bits per heavy atom. The fourth-order valence-corrected chi connectivity index (χ4v) is 4.34. The quantitative estimate of drug-likeness (QED) is 0.474. The van der Waals surface area contributed by atoms with E-state index in [9.17, 15) is 9.50 Å². The standard InChI is InChI=1S/C25H24FNO3S/c1-29-20-14-15-21(22(28)16-20)24-23(9-5-6-17-10-12-18(26)13-11-17)30-25(31)27(24)19-7-3-2-4-8-19/h2-4,7-8,10-16,23-24,28H,5-6,9H2,1H3/t23-,24-/m1/s1. The molecule has 3 aromatic carbocycles. The van der Waals surface area contributed by atoms with E-state index in [4.69, 9.17) is 21.7 Å². The maximum Gasteiger partial charge on any atom is 0.264 e. The molecule has 1 N–H and O–H groups in total. The molecule has 1 aliphatic heterocycles. The Morgan fingerprint density at radius 2 is 1.81 bits per heavy atom. The molecule has 0 saturated carbocycles. The van der Waals surface area contributed by atoms with Crippen LogP contribution in [-0.2, 0) is 11.2 Å². The molecule has 1 aliphatic rings. The predicted octanol–water partition coefficient (Wildman–Crippen LogP) is 5.79. The molecule has 160 valence electrons. The Hall–Kier alpha value is -3.12. The fourth-order valence-electron chi connectivity index (χ4n) is 4.00. The zero-order valence-electron chi connectivity index (χ0n) is 17.2. The number of hydrogen-bond donors (Lipinski definition) is 1. The second kappa shape index (κ2) is 9.35. The highest BCUT2D eigenvalue weighted by atomic mass is 32.1. The van der Waals surface area contributed by atoms with Gasteiger partial charge in [-0.15, -0.1) is 0 Å². The third-order valence-corrected chi connectivity index (χ3v) is 5.83. The number of phenols is 1. The van der Waals surface area contributed by atoms with Crippen molar-refractivity contribution in [2.24, 2.45) is 0 Å². The van der Waals surface area contributed by atoms with Crippen molar-refractivity contribution in [1.82, 2.24) is 0 Å². The van der Waals surface area contributed by atoms with Crippen molar-refractivity contribution in [2.75, 3.05) is 12.0 Å². The molecule has 1 heterocycles. The van der Waals surface area contributed by atoms with Crippen LogP contribution >= 0.6 is 12.2 Å². The number of halogens is 1. The topological polar surface area (TPSA) is 41.9 Å². The number of aromatic hydroxyl groups is 1. The van der Waals surface area contributed by atoms with Crippen LogP contribution in [0.1, 0.15) is 30.0 Å². The van der Waals surface area contributed by atoms with Crippen LogP contribution in [0, 0.1) is 5.82 Å². The van der Waals surface area contributed by atoms with E-state index < -0.39 is 0 Å². The van der Waals surface area contributed by atoms with Crippen molar-refractivity contribution in [3.8, 4) is 11.5 Å². The van der Waals surface area contributed by atoms with E-state index in [-0.39, 0.29) is 23.7 Å². The summed E-state index contributed by atoms with van der Waals surface area (Å²) >= 11 is 5.58.